The number of carboxylic acid groups (broad SMARTS) is 1. The number of rotatable bonds is 3. The lowest BCUT2D eigenvalue weighted by Gasteiger charge is -2.10. The molecule has 0 aliphatic carbocycles. The second-order valence-corrected chi connectivity index (χ2v) is 5.11. The van der Waals surface area contributed by atoms with Crippen LogP contribution in [-0.2, 0) is 9.59 Å². The zero-order chi connectivity index (χ0) is 10.7. The van der Waals surface area contributed by atoms with Gasteiger partial charge in [-0.2, -0.15) is 0 Å². The summed E-state index contributed by atoms with van der Waals surface area (Å²) in [5.41, 5.74) is 0. The Kier molecular flexibility index (Phi) is 3.65. The Morgan fingerprint density at radius 3 is 2.57 bits per heavy atom. The van der Waals surface area contributed by atoms with Crippen molar-refractivity contribution in [1.29, 1.82) is 0 Å². The second kappa shape index (κ2) is 4.56. The lowest BCUT2D eigenvalue weighted by atomic mass is 10.2. The summed E-state index contributed by atoms with van der Waals surface area (Å²) < 4.78 is 0.837. The van der Waals surface area contributed by atoms with Gasteiger partial charge in [0, 0.05) is 11.8 Å². The Hall–Kier alpha value is -0.880. The number of amides is 1. The molecule has 0 saturated heterocycles. The van der Waals surface area contributed by atoms with Crippen molar-refractivity contribution in [2.45, 2.75) is 13.0 Å². The molecule has 1 aromatic heterocycles. The van der Waals surface area contributed by atoms with Crippen LogP contribution in [0.1, 0.15) is 17.8 Å². The predicted molar refractivity (Wildman–Crippen MR) is 56.2 cm³/mol. The van der Waals surface area contributed by atoms with Gasteiger partial charge in [0.25, 0.3) is 0 Å². The Balaban J connectivity index is 2.88. The fourth-order valence-corrected chi connectivity index (χ4v) is 2.41. The monoisotopic (exact) mass is 277 g/mol. The second-order valence-electron chi connectivity index (χ2n) is 2.61. The van der Waals surface area contributed by atoms with E-state index in [9.17, 15) is 9.59 Å². The number of halogens is 1. The van der Waals surface area contributed by atoms with E-state index >= 15 is 0 Å². The minimum absolute atomic E-state index is 0.359. The maximum Gasteiger partial charge on any atom is 0.331 e. The minimum Gasteiger partial charge on any atom is -0.479 e. The van der Waals surface area contributed by atoms with Crippen LogP contribution >= 0.6 is 27.3 Å². The van der Waals surface area contributed by atoms with Gasteiger partial charge in [-0.15, -0.1) is 11.3 Å². The Morgan fingerprint density at radius 2 is 2.21 bits per heavy atom. The third-order valence-corrected chi connectivity index (χ3v) is 3.16. The summed E-state index contributed by atoms with van der Waals surface area (Å²) in [7, 11) is 0. The van der Waals surface area contributed by atoms with E-state index in [1.807, 2.05) is 0 Å². The summed E-state index contributed by atoms with van der Waals surface area (Å²) in [6.07, 6.45) is 0. The van der Waals surface area contributed by atoms with Crippen molar-refractivity contribution >= 4 is 39.1 Å². The van der Waals surface area contributed by atoms with E-state index in [4.69, 9.17) is 5.11 Å². The van der Waals surface area contributed by atoms with Crippen LogP contribution in [-0.4, -0.2) is 17.0 Å². The molecule has 0 radical (unpaired) electrons. The molecule has 1 unspecified atom stereocenters. The lowest BCUT2D eigenvalue weighted by molar-refractivity contribution is -0.141. The van der Waals surface area contributed by atoms with Gasteiger partial charge in [0.2, 0.25) is 5.91 Å². The molecule has 6 heteroatoms. The van der Waals surface area contributed by atoms with Crippen LogP contribution in [0.25, 0.3) is 0 Å². The van der Waals surface area contributed by atoms with Gasteiger partial charge < -0.3 is 10.4 Å². The molecule has 2 N–H and O–H groups in total. The molecular formula is C8H8BrNO3S. The Labute approximate surface area is 93.1 Å². The molecular weight excluding hydrogens is 270 g/mol. The summed E-state index contributed by atoms with van der Waals surface area (Å²) in [5.74, 6) is -1.42. The van der Waals surface area contributed by atoms with Crippen molar-refractivity contribution in [2.75, 3.05) is 0 Å². The first kappa shape index (κ1) is 11.2. The lowest BCUT2D eigenvalue weighted by Crippen LogP contribution is -2.31. The third kappa shape index (κ3) is 2.81. The molecule has 14 heavy (non-hydrogen) atoms. The van der Waals surface area contributed by atoms with E-state index in [1.54, 1.807) is 12.1 Å². The number of nitrogens with one attached hydrogen (secondary N) is 1. The van der Waals surface area contributed by atoms with Gasteiger partial charge in [0.1, 0.15) is 0 Å². The number of hydrogen-bond donors (Lipinski definition) is 2. The number of carbonyl (C=O) groups is 2. The molecule has 1 rings (SSSR count). The summed E-state index contributed by atoms with van der Waals surface area (Å²) in [5, 5.41) is 11.2. The Bertz CT molecular complexity index is 363. The Morgan fingerprint density at radius 1 is 1.57 bits per heavy atom. The zero-order valence-corrected chi connectivity index (χ0v) is 9.68. The summed E-state index contributed by atoms with van der Waals surface area (Å²) in [6.45, 7) is 1.29. The minimum atomic E-state index is -1.06. The predicted octanol–water partition coefficient (Wildman–Crippen LogP) is 1.77. The number of hydrogen-bond acceptors (Lipinski definition) is 3. The molecule has 4 nitrogen and oxygen atoms in total. The third-order valence-electron chi connectivity index (χ3n) is 1.47. The van der Waals surface area contributed by atoms with Crippen molar-refractivity contribution in [3.05, 3.63) is 20.8 Å². The van der Waals surface area contributed by atoms with Crippen molar-refractivity contribution in [3.63, 3.8) is 0 Å². The fraction of sp³-hybridized carbons (Fsp3) is 0.250. The van der Waals surface area contributed by atoms with Gasteiger partial charge >= 0.3 is 5.97 Å². The van der Waals surface area contributed by atoms with Crippen LogP contribution in [0.3, 0.4) is 0 Å². The van der Waals surface area contributed by atoms with Crippen LogP contribution < -0.4 is 5.32 Å². The molecule has 0 aliphatic heterocycles. The van der Waals surface area contributed by atoms with Gasteiger partial charge in [-0.1, -0.05) is 0 Å². The van der Waals surface area contributed by atoms with Crippen LogP contribution in [0.5, 0.6) is 0 Å². The molecule has 0 bridgehead atoms. The summed E-state index contributed by atoms with van der Waals surface area (Å²) in [4.78, 5) is 22.2. The van der Waals surface area contributed by atoms with E-state index < -0.39 is 12.0 Å². The number of carboxylic acids is 1. The van der Waals surface area contributed by atoms with Crippen LogP contribution in [0.2, 0.25) is 0 Å². The van der Waals surface area contributed by atoms with Crippen molar-refractivity contribution in [1.82, 2.24) is 5.32 Å². The van der Waals surface area contributed by atoms with Crippen LogP contribution in [0, 0.1) is 0 Å². The van der Waals surface area contributed by atoms with Crippen molar-refractivity contribution < 1.29 is 14.7 Å². The largest absolute Gasteiger partial charge is 0.479 e. The molecule has 1 heterocycles. The van der Waals surface area contributed by atoms with Crippen LogP contribution in [0.15, 0.2) is 15.9 Å². The molecule has 0 spiro atoms. The maximum absolute atomic E-state index is 10.8. The fourth-order valence-electron chi connectivity index (χ4n) is 0.941. The highest BCUT2D eigenvalue weighted by molar-refractivity contribution is 9.11. The molecule has 0 aliphatic rings. The van der Waals surface area contributed by atoms with Gasteiger partial charge in [-0.25, -0.2) is 4.79 Å². The van der Waals surface area contributed by atoms with Crippen LogP contribution in [0.4, 0.5) is 0 Å². The van der Waals surface area contributed by atoms with E-state index in [0.717, 1.165) is 3.79 Å². The average Bonchev–Trinajstić information content (AvgIpc) is 2.46. The molecule has 0 saturated carbocycles. The highest BCUT2D eigenvalue weighted by atomic mass is 79.9. The van der Waals surface area contributed by atoms with E-state index in [1.165, 1.54) is 18.3 Å². The molecule has 1 amide bonds. The summed E-state index contributed by atoms with van der Waals surface area (Å²) >= 11 is 4.52. The normalized spacial score (nSPS) is 12.1. The number of thiophene rings is 1. The molecule has 1 atom stereocenters. The first-order valence-corrected chi connectivity index (χ1v) is 5.37. The van der Waals surface area contributed by atoms with Gasteiger partial charge in [-0.3, -0.25) is 4.79 Å². The zero-order valence-electron chi connectivity index (χ0n) is 7.28. The average molecular weight is 278 g/mol. The highest BCUT2D eigenvalue weighted by Gasteiger charge is 2.21. The number of carbonyl (C=O) groups excluding carboxylic acids is 1. The number of aliphatic carboxylic acids is 1. The van der Waals surface area contributed by atoms with Gasteiger partial charge in [-0.05, 0) is 28.1 Å². The standard InChI is InChI=1S/C8H8BrNO3S/c1-4(11)10-7(8(12)13)5-2-3-6(9)14-5/h2-3,7H,1H3,(H,10,11)(H,12,13). The van der Waals surface area contributed by atoms with Crippen molar-refractivity contribution in [3.8, 4) is 0 Å². The quantitative estimate of drug-likeness (QED) is 0.885. The maximum atomic E-state index is 10.8. The SMILES string of the molecule is CC(=O)NC(C(=O)O)c1ccc(Br)s1. The van der Waals surface area contributed by atoms with Gasteiger partial charge in [0.15, 0.2) is 6.04 Å². The molecule has 1 aromatic rings. The highest BCUT2D eigenvalue weighted by Crippen LogP contribution is 2.27. The summed E-state index contributed by atoms with van der Waals surface area (Å²) in [6, 6.07) is 2.46. The van der Waals surface area contributed by atoms with Crippen molar-refractivity contribution in [2.24, 2.45) is 0 Å². The molecule has 0 aromatic carbocycles. The first-order valence-electron chi connectivity index (χ1n) is 3.76. The molecule has 0 fully saturated rings. The smallest absolute Gasteiger partial charge is 0.331 e. The van der Waals surface area contributed by atoms with E-state index in [2.05, 4.69) is 21.2 Å². The van der Waals surface area contributed by atoms with Gasteiger partial charge in [0.05, 0.1) is 3.79 Å². The topological polar surface area (TPSA) is 66.4 Å². The van der Waals surface area contributed by atoms with E-state index in [-0.39, 0.29) is 5.91 Å². The molecule has 76 valence electrons. The first-order chi connectivity index (χ1) is 6.50. The van der Waals surface area contributed by atoms with E-state index in [0.29, 0.717) is 4.88 Å².